The first-order chi connectivity index (χ1) is 8.36. The maximum absolute atomic E-state index is 5.89. The molecule has 0 bridgehead atoms. The standard InChI is InChI=1S/C14H16N2O/c15-9-11-8-10-4-1-2-7-13(10)16-14(11)17-12-5-3-6-12/h1-2,4,7-8,12H,3,5-6,9,15H2. The Kier molecular flexibility index (Phi) is 2.69. The highest BCUT2D eigenvalue weighted by Gasteiger charge is 2.21. The van der Waals surface area contributed by atoms with Crippen molar-refractivity contribution in [2.75, 3.05) is 0 Å². The second-order valence-electron chi connectivity index (χ2n) is 4.52. The van der Waals surface area contributed by atoms with E-state index in [-0.39, 0.29) is 0 Å². The van der Waals surface area contributed by atoms with Crippen LogP contribution in [0.3, 0.4) is 0 Å². The highest BCUT2D eigenvalue weighted by Crippen LogP contribution is 2.28. The smallest absolute Gasteiger partial charge is 0.218 e. The Morgan fingerprint density at radius 3 is 2.82 bits per heavy atom. The average Bonchev–Trinajstić information content (AvgIpc) is 2.32. The van der Waals surface area contributed by atoms with Gasteiger partial charge in [-0.2, -0.15) is 0 Å². The Morgan fingerprint density at radius 1 is 1.29 bits per heavy atom. The van der Waals surface area contributed by atoms with Gasteiger partial charge in [-0.3, -0.25) is 0 Å². The Labute approximate surface area is 101 Å². The van der Waals surface area contributed by atoms with Crippen LogP contribution in [0.1, 0.15) is 24.8 Å². The van der Waals surface area contributed by atoms with Crippen LogP contribution in [-0.4, -0.2) is 11.1 Å². The number of ether oxygens (including phenoxy) is 1. The summed E-state index contributed by atoms with van der Waals surface area (Å²) < 4.78 is 5.89. The van der Waals surface area contributed by atoms with Gasteiger partial charge in [-0.05, 0) is 31.4 Å². The number of nitrogens with zero attached hydrogens (tertiary/aromatic N) is 1. The van der Waals surface area contributed by atoms with Gasteiger partial charge < -0.3 is 10.5 Å². The molecule has 3 nitrogen and oxygen atoms in total. The largest absolute Gasteiger partial charge is 0.474 e. The number of pyridine rings is 1. The number of benzene rings is 1. The number of rotatable bonds is 3. The molecule has 88 valence electrons. The molecule has 0 saturated heterocycles. The molecule has 1 fully saturated rings. The van der Waals surface area contributed by atoms with E-state index in [1.54, 1.807) is 0 Å². The molecule has 1 aliphatic rings. The van der Waals surface area contributed by atoms with Gasteiger partial charge in [0.15, 0.2) is 0 Å². The first-order valence-electron chi connectivity index (χ1n) is 6.12. The van der Waals surface area contributed by atoms with Crippen LogP contribution in [0.5, 0.6) is 5.88 Å². The first kappa shape index (κ1) is 10.5. The van der Waals surface area contributed by atoms with Crippen LogP contribution in [-0.2, 0) is 6.54 Å². The second-order valence-corrected chi connectivity index (χ2v) is 4.52. The number of fused-ring (bicyclic) bond motifs is 1. The molecule has 2 N–H and O–H groups in total. The minimum absolute atomic E-state index is 0.342. The number of para-hydroxylation sites is 1. The van der Waals surface area contributed by atoms with E-state index in [1.165, 1.54) is 6.42 Å². The Bertz CT molecular complexity index is 535. The molecule has 1 saturated carbocycles. The van der Waals surface area contributed by atoms with E-state index in [4.69, 9.17) is 10.5 Å². The van der Waals surface area contributed by atoms with Crippen molar-refractivity contribution in [3.8, 4) is 5.88 Å². The predicted molar refractivity (Wildman–Crippen MR) is 67.9 cm³/mol. The van der Waals surface area contributed by atoms with Crippen molar-refractivity contribution in [2.45, 2.75) is 31.9 Å². The maximum Gasteiger partial charge on any atom is 0.218 e. The SMILES string of the molecule is NCc1cc2ccccc2nc1OC1CCC1. The fraction of sp³-hybridized carbons (Fsp3) is 0.357. The minimum Gasteiger partial charge on any atom is -0.474 e. The van der Waals surface area contributed by atoms with Crippen LogP contribution in [0.4, 0.5) is 0 Å². The summed E-state index contributed by atoms with van der Waals surface area (Å²) in [5, 5.41) is 1.12. The summed E-state index contributed by atoms with van der Waals surface area (Å²) >= 11 is 0. The summed E-state index contributed by atoms with van der Waals surface area (Å²) in [4.78, 5) is 4.57. The van der Waals surface area contributed by atoms with E-state index in [2.05, 4.69) is 17.1 Å². The highest BCUT2D eigenvalue weighted by atomic mass is 16.5. The van der Waals surface area contributed by atoms with Crippen molar-refractivity contribution in [2.24, 2.45) is 5.73 Å². The molecule has 0 aliphatic heterocycles. The van der Waals surface area contributed by atoms with E-state index in [0.717, 1.165) is 35.2 Å². The van der Waals surface area contributed by atoms with Gasteiger partial charge in [-0.1, -0.05) is 18.2 Å². The van der Waals surface area contributed by atoms with Crippen LogP contribution < -0.4 is 10.5 Å². The quantitative estimate of drug-likeness (QED) is 0.878. The lowest BCUT2D eigenvalue weighted by atomic mass is 9.96. The molecule has 0 radical (unpaired) electrons. The summed E-state index contributed by atoms with van der Waals surface area (Å²) in [6.45, 7) is 0.472. The molecular formula is C14H16N2O. The lowest BCUT2D eigenvalue weighted by molar-refractivity contribution is 0.114. The molecule has 0 atom stereocenters. The molecule has 1 heterocycles. The van der Waals surface area contributed by atoms with Crippen LogP contribution >= 0.6 is 0 Å². The zero-order valence-corrected chi connectivity index (χ0v) is 9.73. The van der Waals surface area contributed by atoms with Crippen LogP contribution in [0.2, 0.25) is 0 Å². The summed E-state index contributed by atoms with van der Waals surface area (Å²) in [6.07, 6.45) is 3.88. The lowest BCUT2D eigenvalue weighted by Crippen LogP contribution is -2.25. The van der Waals surface area contributed by atoms with Crippen molar-refractivity contribution in [1.82, 2.24) is 4.98 Å². The van der Waals surface area contributed by atoms with Gasteiger partial charge in [-0.15, -0.1) is 0 Å². The van der Waals surface area contributed by atoms with Gasteiger partial charge >= 0.3 is 0 Å². The fourth-order valence-electron chi connectivity index (χ4n) is 2.04. The zero-order valence-electron chi connectivity index (χ0n) is 9.73. The van der Waals surface area contributed by atoms with Crippen molar-refractivity contribution >= 4 is 10.9 Å². The van der Waals surface area contributed by atoms with E-state index >= 15 is 0 Å². The van der Waals surface area contributed by atoms with E-state index in [0.29, 0.717) is 12.6 Å². The predicted octanol–water partition coefficient (Wildman–Crippen LogP) is 2.62. The third-order valence-corrected chi connectivity index (χ3v) is 3.31. The molecule has 1 aromatic heterocycles. The van der Waals surface area contributed by atoms with Crippen molar-refractivity contribution in [3.63, 3.8) is 0 Å². The third-order valence-electron chi connectivity index (χ3n) is 3.31. The van der Waals surface area contributed by atoms with Gasteiger partial charge in [-0.25, -0.2) is 4.98 Å². The summed E-state index contributed by atoms with van der Waals surface area (Å²) in [7, 11) is 0. The average molecular weight is 228 g/mol. The van der Waals surface area contributed by atoms with Crippen molar-refractivity contribution in [3.05, 3.63) is 35.9 Å². The summed E-state index contributed by atoms with van der Waals surface area (Å²) in [6, 6.07) is 10.1. The zero-order chi connectivity index (χ0) is 11.7. The normalized spacial score (nSPS) is 15.8. The molecule has 2 aromatic rings. The molecule has 17 heavy (non-hydrogen) atoms. The van der Waals surface area contributed by atoms with Gasteiger partial charge in [0.1, 0.15) is 6.10 Å². The lowest BCUT2D eigenvalue weighted by Gasteiger charge is -2.26. The molecule has 1 aliphatic carbocycles. The van der Waals surface area contributed by atoms with E-state index in [9.17, 15) is 0 Å². The van der Waals surface area contributed by atoms with Crippen LogP contribution in [0.15, 0.2) is 30.3 Å². The monoisotopic (exact) mass is 228 g/mol. The van der Waals surface area contributed by atoms with Gasteiger partial charge in [0.2, 0.25) is 5.88 Å². The number of hydrogen-bond donors (Lipinski definition) is 1. The summed E-state index contributed by atoms with van der Waals surface area (Å²) in [5.41, 5.74) is 7.72. The topological polar surface area (TPSA) is 48.1 Å². The maximum atomic E-state index is 5.89. The fourth-order valence-corrected chi connectivity index (χ4v) is 2.04. The van der Waals surface area contributed by atoms with Gasteiger partial charge in [0.05, 0.1) is 5.52 Å². The van der Waals surface area contributed by atoms with Crippen LogP contribution in [0.25, 0.3) is 10.9 Å². The molecular weight excluding hydrogens is 212 g/mol. The molecule has 1 aromatic carbocycles. The Morgan fingerprint density at radius 2 is 2.12 bits per heavy atom. The molecule has 0 amide bonds. The van der Waals surface area contributed by atoms with Crippen LogP contribution in [0, 0.1) is 0 Å². The number of nitrogens with two attached hydrogens (primary N) is 1. The van der Waals surface area contributed by atoms with E-state index in [1.807, 2.05) is 18.2 Å². The Hall–Kier alpha value is -1.61. The number of hydrogen-bond acceptors (Lipinski definition) is 3. The third kappa shape index (κ3) is 1.98. The van der Waals surface area contributed by atoms with E-state index < -0.39 is 0 Å². The van der Waals surface area contributed by atoms with Gasteiger partial charge in [0.25, 0.3) is 0 Å². The van der Waals surface area contributed by atoms with Crippen molar-refractivity contribution < 1.29 is 4.74 Å². The Balaban J connectivity index is 2.01. The molecule has 3 rings (SSSR count). The number of aromatic nitrogens is 1. The second kappa shape index (κ2) is 4.34. The minimum atomic E-state index is 0.342. The molecule has 3 heteroatoms. The molecule has 0 spiro atoms. The highest BCUT2D eigenvalue weighted by molar-refractivity contribution is 5.80. The molecule has 0 unspecified atom stereocenters. The van der Waals surface area contributed by atoms with Gasteiger partial charge in [0, 0.05) is 17.5 Å². The van der Waals surface area contributed by atoms with Crippen molar-refractivity contribution in [1.29, 1.82) is 0 Å². The first-order valence-corrected chi connectivity index (χ1v) is 6.12. The summed E-state index contributed by atoms with van der Waals surface area (Å²) in [5.74, 6) is 0.718.